The molecule has 178 valence electrons. The summed E-state index contributed by atoms with van der Waals surface area (Å²) in [7, 11) is 1.40. The number of esters is 1. The first-order valence-electron chi connectivity index (χ1n) is 10.6. The number of carbonyl (C=O) groups excluding carboxylic acids is 4. The number of hydrogen-bond donors (Lipinski definition) is 1. The second kappa shape index (κ2) is 10.8. The summed E-state index contributed by atoms with van der Waals surface area (Å²) in [4.78, 5) is 50.3. The van der Waals surface area contributed by atoms with E-state index in [0.29, 0.717) is 18.8 Å². The average molecular weight is 453 g/mol. The number of ether oxygens (including phenoxy) is 3. The molecule has 1 aliphatic heterocycles. The zero-order valence-electron chi connectivity index (χ0n) is 19.4. The summed E-state index contributed by atoms with van der Waals surface area (Å²) in [6.07, 6.45) is -0.761. The van der Waals surface area contributed by atoms with Gasteiger partial charge in [0, 0.05) is 19.6 Å². The van der Waals surface area contributed by atoms with Crippen molar-refractivity contribution >= 4 is 23.4 Å². The number of ketones is 2. The lowest BCUT2D eigenvalue weighted by Crippen LogP contribution is -2.45. The van der Waals surface area contributed by atoms with E-state index in [1.54, 1.807) is 20.8 Å². The van der Waals surface area contributed by atoms with E-state index in [1.807, 2.05) is 13.8 Å². The number of amides is 1. The largest absolute Gasteiger partial charge is 0.454 e. The highest BCUT2D eigenvalue weighted by Gasteiger charge is 2.51. The Morgan fingerprint density at radius 2 is 1.91 bits per heavy atom. The summed E-state index contributed by atoms with van der Waals surface area (Å²) in [5.74, 6) is -2.17. The molecule has 0 bridgehead atoms. The summed E-state index contributed by atoms with van der Waals surface area (Å²) in [5, 5.41) is 6.17. The third kappa shape index (κ3) is 6.96. The topological polar surface area (TPSA) is 137 Å². The lowest BCUT2D eigenvalue weighted by atomic mass is 9.95. The number of carbonyl (C=O) groups is 4. The quantitative estimate of drug-likeness (QED) is 0.350. The Balaban J connectivity index is 1.98. The molecule has 0 spiro atoms. The van der Waals surface area contributed by atoms with Crippen LogP contribution in [0.3, 0.4) is 0 Å². The van der Waals surface area contributed by atoms with Gasteiger partial charge in [0.15, 0.2) is 23.2 Å². The normalized spacial score (nSPS) is 20.3. The van der Waals surface area contributed by atoms with Gasteiger partial charge in [0.25, 0.3) is 5.91 Å². The molecule has 10 nitrogen and oxygen atoms in total. The Morgan fingerprint density at radius 3 is 2.41 bits per heavy atom. The van der Waals surface area contributed by atoms with E-state index >= 15 is 0 Å². The van der Waals surface area contributed by atoms with Gasteiger partial charge in [-0.05, 0) is 26.2 Å². The maximum absolute atomic E-state index is 12.8. The van der Waals surface area contributed by atoms with Gasteiger partial charge >= 0.3 is 5.97 Å². The molecule has 1 aromatic rings. The van der Waals surface area contributed by atoms with Crippen LogP contribution >= 0.6 is 0 Å². The molecule has 0 saturated carbocycles. The van der Waals surface area contributed by atoms with E-state index in [9.17, 15) is 19.2 Å². The van der Waals surface area contributed by atoms with E-state index in [-0.39, 0.29) is 30.4 Å². The fraction of sp³-hybridized carbons (Fsp3) is 0.682. The van der Waals surface area contributed by atoms with Crippen molar-refractivity contribution in [1.82, 2.24) is 10.5 Å². The number of nitrogens with zero attached hydrogens (tertiary/aromatic N) is 1. The SMILES string of the molecule is COC[C@H](NC(=O)c1cc(C)on1)C(=O)C[C@@H](C)C(=O)O[C@@H](CC(C)C)C(=O)[C@@]1(C)CO1. The molecule has 0 radical (unpaired) electrons. The third-order valence-electron chi connectivity index (χ3n) is 5.13. The monoisotopic (exact) mass is 452 g/mol. The van der Waals surface area contributed by atoms with Crippen LogP contribution in [0.25, 0.3) is 0 Å². The van der Waals surface area contributed by atoms with Gasteiger partial charge < -0.3 is 24.1 Å². The summed E-state index contributed by atoms with van der Waals surface area (Å²) in [6, 6.07) is 0.464. The molecule has 10 heteroatoms. The van der Waals surface area contributed by atoms with Crippen molar-refractivity contribution in [3.8, 4) is 0 Å². The predicted molar refractivity (Wildman–Crippen MR) is 112 cm³/mol. The van der Waals surface area contributed by atoms with Crippen LogP contribution in [0.4, 0.5) is 0 Å². The third-order valence-corrected chi connectivity index (χ3v) is 5.13. The average Bonchev–Trinajstić information content (AvgIpc) is 3.32. The van der Waals surface area contributed by atoms with Crippen molar-refractivity contribution in [2.45, 2.75) is 65.2 Å². The van der Waals surface area contributed by atoms with E-state index in [1.165, 1.54) is 13.2 Å². The first-order valence-corrected chi connectivity index (χ1v) is 10.6. The van der Waals surface area contributed by atoms with Gasteiger partial charge in [-0.15, -0.1) is 0 Å². The van der Waals surface area contributed by atoms with Gasteiger partial charge in [-0.3, -0.25) is 19.2 Å². The second-order valence-electron chi connectivity index (χ2n) is 8.81. The highest BCUT2D eigenvalue weighted by molar-refractivity contribution is 5.98. The maximum atomic E-state index is 12.8. The van der Waals surface area contributed by atoms with Gasteiger partial charge in [-0.25, -0.2) is 0 Å². The van der Waals surface area contributed by atoms with Crippen molar-refractivity contribution in [2.75, 3.05) is 20.3 Å². The number of Topliss-reactive ketones (excluding diaryl/α,β-unsaturated/α-hetero) is 2. The van der Waals surface area contributed by atoms with Gasteiger partial charge in [-0.1, -0.05) is 25.9 Å². The number of aromatic nitrogens is 1. The predicted octanol–water partition coefficient (Wildman–Crippen LogP) is 1.64. The van der Waals surface area contributed by atoms with Crippen LogP contribution in [-0.2, 0) is 28.6 Å². The second-order valence-corrected chi connectivity index (χ2v) is 8.81. The molecule has 0 aromatic carbocycles. The van der Waals surface area contributed by atoms with Crippen LogP contribution in [0.2, 0.25) is 0 Å². The zero-order valence-corrected chi connectivity index (χ0v) is 19.4. The molecule has 1 amide bonds. The molecule has 0 aliphatic carbocycles. The number of hydrogen-bond acceptors (Lipinski definition) is 9. The van der Waals surface area contributed by atoms with Gasteiger partial charge in [-0.2, -0.15) is 0 Å². The number of methoxy groups -OCH3 is 1. The molecule has 4 atom stereocenters. The van der Waals surface area contributed by atoms with E-state index in [4.69, 9.17) is 18.7 Å². The van der Waals surface area contributed by atoms with Crippen LogP contribution in [0.15, 0.2) is 10.6 Å². The molecule has 1 aromatic heterocycles. The molecular weight excluding hydrogens is 420 g/mol. The lowest BCUT2D eigenvalue weighted by molar-refractivity contribution is -0.161. The Hall–Kier alpha value is -2.59. The molecule has 1 aliphatic rings. The van der Waals surface area contributed by atoms with Crippen LogP contribution in [0.1, 0.15) is 56.8 Å². The Kier molecular flexibility index (Phi) is 8.68. The van der Waals surface area contributed by atoms with Crippen molar-refractivity contribution in [3.63, 3.8) is 0 Å². The van der Waals surface area contributed by atoms with E-state index < -0.39 is 41.3 Å². The summed E-state index contributed by atoms with van der Waals surface area (Å²) < 4.78 is 20.6. The molecule has 1 N–H and O–H groups in total. The summed E-state index contributed by atoms with van der Waals surface area (Å²) in [6.45, 7) is 8.92. The van der Waals surface area contributed by atoms with Crippen molar-refractivity contribution < 1.29 is 37.9 Å². The highest BCUT2D eigenvalue weighted by Crippen LogP contribution is 2.31. The Morgan fingerprint density at radius 1 is 1.25 bits per heavy atom. The molecule has 0 unspecified atom stereocenters. The Labute approximate surface area is 187 Å². The van der Waals surface area contributed by atoms with Crippen molar-refractivity contribution in [3.05, 3.63) is 17.5 Å². The molecule has 1 saturated heterocycles. The van der Waals surface area contributed by atoms with Gasteiger partial charge in [0.1, 0.15) is 11.8 Å². The fourth-order valence-electron chi connectivity index (χ4n) is 3.10. The fourth-order valence-corrected chi connectivity index (χ4v) is 3.10. The van der Waals surface area contributed by atoms with Gasteiger partial charge in [0.2, 0.25) is 5.78 Å². The minimum atomic E-state index is -0.980. The van der Waals surface area contributed by atoms with Crippen molar-refractivity contribution in [1.29, 1.82) is 0 Å². The van der Waals surface area contributed by atoms with Crippen LogP contribution in [-0.4, -0.2) is 66.7 Å². The first-order chi connectivity index (χ1) is 15.0. The van der Waals surface area contributed by atoms with E-state index in [0.717, 1.165) is 0 Å². The molecule has 2 heterocycles. The summed E-state index contributed by atoms with van der Waals surface area (Å²) in [5.41, 5.74) is -0.874. The number of rotatable bonds is 13. The van der Waals surface area contributed by atoms with Crippen LogP contribution in [0, 0.1) is 18.8 Å². The number of nitrogens with one attached hydrogen (secondary N) is 1. The molecule has 32 heavy (non-hydrogen) atoms. The van der Waals surface area contributed by atoms with Gasteiger partial charge in [0.05, 0.1) is 19.1 Å². The minimum absolute atomic E-state index is 0.0368. The summed E-state index contributed by atoms with van der Waals surface area (Å²) >= 11 is 0. The highest BCUT2D eigenvalue weighted by atomic mass is 16.6. The smallest absolute Gasteiger partial charge is 0.309 e. The van der Waals surface area contributed by atoms with Crippen LogP contribution in [0.5, 0.6) is 0 Å². The molecule has 2 rings (SSSR count). The maximum Gasteiger partial charge on any atom is 0.309 e. The molecule has 1 fully saturated rings. The number of aryl methyl sites for hydroxylation is 1. The standard InChI is InChI=1S/C22H32N2O8/c1-12(2)7-18(19(26)22(5)11-30-22)31-21(28)13(3)8-17(25)16(10-29-6)23-20(27)15-9-14(4)32-24-15/h9,12-13,16,18H,7-8,10-11H2,1-6H3,(H,23,27)/t13-,16+,18+,22-/m1/s1. The number of epoxide rings is 1. The van der Waals surface area contributed by atoms with E-state index in [2.05, 4.69) is 10.5 Å². The molecular formula is C22H32N2O8. The lowest BCUT2D eigenvalue weighted by Gasteiger charge is -2.23. The minimum Gasteiger partial charge on any atom is -0.454 e. The van der Waals surface area contributed by atoms with Crippen molar-refractivity contribution in [2.24, 2.45) is 11.8 Å². The zero-order chi connectivity index (χ0) is 24.1. The van der Waals surface area contributed by atoms with Crippen LogP contribution < -0.4 is 5.32 Å². The Bertz CT molecular complexity index is 843. The first kappa shape index (κ1) is 25.7.